The highest BCUT2D eigenvalue weighted by Gasteiger charge is 2.07. The molecule has 0 amide bonds. The van der Waals surface area contributed by atoms with Gasteiger partial charge in [-0.25, -0.2) is 4.98 Å². The summed E-state index contributed by atoms with van der Waals surface area (Å²) in [6, 6.07) is 1.94. The molecule has 0 aliphatic rings. The predicted molar refractivity (Wildman–Crippen MR) is 66.9 cm³/mol. The molecule has 4 heteroatoms. The number of pyridine rings is 1. The molecule has 0 saturated carbocycles. The quantitative estimate of drug-likeness (QED) is 0.756. The first-order valence-electron chi connectivity index (χ1n) is 4.96. The summed E-state index contributed by atoms with van der Waals surface area (Å²) in [4.78, 5) is 6.38. The maximum absolute atomic E-state index is 5.94. The molecule has 1 heterocycles. The van der Waals surface area contributed by atoms with E-state index in [0.29, 0.717) is 16.8 Å². The summed E-state index contributed by atoms with van der Waals surface area (Å²) in [5, 5.41) is 0.631. The minimum Gasteiger partial charge on any atom is -0.359 e. The molecule has 15 heavy (non-hydrogen) atoms. The lowest BCUT2D eigenvalue weighted by atomic mass is 10.2. The molecule has 1 aromatic heterocycles. The molecule has 1 aromatic rings. The Morgan fingerprint density at radius 1 is 1.47 bits per heavy atom. The second kappa shape index (κ2) is 5.57. The normalized spacial score (nSPS) is 10.8. The van der Waals surface area contributed by atoms with Gasteiger partial charge >= 0.3 is 0 Å². The van der Waals surface area contributed by atoms with Crippen molar-refractivity contribution in [3.05, 3.63) is 22.8 Å². The molecule has 0 spiro atoms. The van der Waals surface area contributed by atoms with Crippen molar-refractivity contribution in [1.29, 1.82) is 0 Å². The van der Waals surface area contributed by atoms with Crippen LogP contribution < -0.4 is 4.90 Å². The predicted octanol–water partition coefficient (Wildman–Crippen LogP) is 3.57. The molecule has 0 aliphatic heterocycles. The van der Waals surface area contributed by atoms with Gasteiger partial charge in [0.1, 0.15) is 5.82 Å². The summed E-state index contributed by atoms with van der Waals surface area (Å²) in [5.41, 5.74) is 0.930. The Morgan fingerprint density at radius 3 is 2.67 bits per heavy atom. The lowest BCUT2D eigenvalue weighted by Crippen LogP contribution is -2.23. The molecule has 0 unspecified atom stereocenters. The van der Waals surface area contributed by atoms with Gasteiger partial charge in [0.25, 0.3) is 0 Å². The number of nitrogens with zero attached hydrogens (tertiary/aromatic N) is 2. The van der Waals surface area contributed by atoms with Gasteiger partial charge in [-0.3, -0.25) is 0 Å². The molecule has 0 fully saturated rings. The average molecular weight is 247 g/mol. The summed E-state index contributed by atoms with van der Waals surface area (Å²) in [6.45, 7) is 5.32. The van der Waals surface area contributed by atoms with Crippen LogP contribution in [-0.4, -0.2) is 18.6 Å². The first-order valence-corrected chi connectivity index (χ1v) is 5.87. The van der Waals surface area contributed by atoms with Crippen molar-refractivity contribution in [2.45, 2.75) is 19.7 Å². The van der Waals surface area contributed by atoms with Crippen molar-refractivity contribution in [2.75, 3.05) is 18.5 Å². The van der Waals surface area contributed by atoms with Crippen molar-refractivity contribution >= 4 is 29.0 Å². The van der Waals surface area contributed by atoms with Crippen molar-refractivity contribution in [2.24, 2.45) is 5.92 Å². The number of anilines is 1. The number of hydrogen-bond acceptors (Lipinski definition) is 2. The van der Waals surface area contributed by atoms with Crippen LogP contribution in [0.1, 0.15) is 19.4 Å². The fraction of sp³-hybridized carbons (Fsp3) is 0.545. The highest BCUT2D eigenvalue weighted by atomic mass is 35.5. The van der Waals surface area contributed by atoms with Gasteiger partial charge in [-0.05, 0) is 17.5 Å². The smallest absolute Gasteiger partial charge is 0.128 e. The Balaban J connectivity index is 2.85. The summed E-state index contributed by atoms with van der Waals surface area (Å²) in [6.07, 6.45) is 1.66. The van der Waals surface area contributed by atoms with E-state index in [1.165, 1.54) is 0 Å². The first kappa shape index (κ1) is 12.6. The van der Waals surface area contributed by atoms with Crippen LogP contribution in [0.15, 0.2) is 12.3 Å². The van der Waals surface area contributed by atoms with Crippen LogP contribution in [0, 0.1) is 5.92 Å². The van der Waals surface area contributed by atoms with Crippen molar-refractivity contribution in [3.8, 4) is 0 Å². The summed E-state index contributed by atoms with van der Waals surface area (Å²) >= 11 is 11.7. The number of rotatable bonds is 4. The van der Waals surface area contributed by atoms with Gasteiger partial charge < -0.3 is 4.90 Å². The third-order valence-electron chi connectivity index (χ3n) is 2.09. The van der Waals surface area contributed by atoms with Crippen LogP contribution in [0.3, 0.4) is 0 Å². The van der Waals surface area contributed by atoms with Gasteiger partial charge in [-0.2, -0.15) is 0 Å². The topological polar surface area (TPSA) is 16.1 Å². The van der Waals surface area contributed by atoms with Gasteiger partial charge in [0.05, 0.1) is 5.02 Å². The van der Waals surface area contributed by atoms with Crippen molar-refractivity contribution in [1.82, 2.24) is 4.98 Å². The van der Waals surface area contributed by atoms with Crippen LogP contribution in [0.5, 0.6) is 0 Å². The molecule has 0 radical (unpaired) electrons. The van der Waals surface area contributed by atoms with E-state index in [-0.39, 0.29) is 0 Å². The van der Waals surface area contributed by atoms with Crippen LogP contribution in [-0.2, 0) is 5.88 Å². The van der Waals surface area contributed by atoms with Crippen LogP contribution in [0.25, 0.3) is 0 Å². The van der Waals surface area contributed by atoms with Crippen LogP contribution in [0.4, 0.5) is 5.82 Å². The standard InChI is InChI=1S/C11H16Cl2N2/c1-8(2)7-15(3)11-4-9(5-12)10(13)6-14-11/h4,6,8H,5,7H2,1-3H3. The molecule has 0 aliphatic carbocycles. The Bertz CT molecular complexity index is 326. The molecule has 0 bridgehead atoms. The van der Waals surface area contributed by atoms with E-state index >= 15 is 0 Å². The zero-order valence-corrected chi connectivity index (χ0v) is 10.8. The van der Waals surface area contributed by atoms with E-state index < -0.39 is 0 Å². The van der Waals surface area contributed by atoms with Crippen molar-refractivity contribution in [3.63, 3.8) is 0 Å². The third kappa shape index (κ3) is 3.54. The lowest BCUT2D eigenvalue weighted by Gasteiger charge is -2.20. The second-order valence-electron chi connectivity index (χ2n) is 4.04. The first-order chi connectivity index (χ1) is 7.04. The molecule has 84 valence electrons. The minimum atomic E-state index is 0.421. The highest BCUT2D eigenvalue weighted by Crippen LogP contribution is 2.21. The van der Waals surface area contributed by atoms with Gasteiger partial charge in [0.2, 0.25) is 0 Å². The van der Waals surface area contributed by atoms with E-state index in [0.717, 1.165) is 17.9 Å². The van der Waals surface area contributed by atoms with Gasteiger partial charge in [-0.15, -0.1) is 11.6 Å². The number of alkyl halides is 1. The van der Waals surface area contributed by atoms with Gasteiger partial charge in [-0.1, -0.05) is 25.4 Å². The van der Waals surface area contributed by atoms with Crippen LogP contribution >= 0.6 is 23.2 Å². The molecule has 2 nitrogen and oxygen atoms in total. The minimum absolute atomic E-state index is 0.421. The molecule has 1 rings (SSSR count). The van der Waals surface area contributed by atoms with Gasteiger partial charge in [0, 0.05) is 25.7 Å². The summed E-state index contributed by atoms with van der Waals surface area (Å²) in [5.74, 6) is 1.94. The zero-order valence-electron chi connectivity index (χ0n) is 9.30. The summed E-state index contributed by atoms with van der Waals surface area (Å²) < 4.78 is 0. The van der Waals surface area contributed by atoms with E-state index in [2.05, 4.69) is 23.7 Å². The van der Waals surface area contributed by atoms with E-state index in [4.69, 9.17) is 23.2 Å². The molecule has 0 saturated heterocycles. The second-order valence-corrected chi connectivity index (χ2v) is 4.72. The number of halogens is 2. The maximum Gasteiger partial charge on any atom is 0.128 e. The Labute approximate surface area is 101 Å². The largest absolute Gasteiger partial charge is 0.359 e. The SMILES string of the molecule is CC(C)CN(C)c1cc(CCl)c(Cl)cn1. The molecule has 0 aromatic carbocycles. The van der Waals surface area contributed by atoms with Crippen molar-refractivity contribution < 1.29 is 0 Å². The Morgan fingerprint density at radius 2 is 2.13 bits per heavy atom. The highest BCUT2D eigenvalue weighted by molar-refractivity contribution is 6.32. The molecular formula is C11H16Cl2N2. The molecule has 0 N–H and O–H groups in total. The summed E-state index contributed by atoms with van der Waals surface area (Å²) in [7, 11) is 2.02. The van der Waals surface area contributed by atoms with Crippen LogP contribution in [0.2, 0.25) is 5.02 Å². The average Bonchev–Trinajstić information content (AvgIpc) is 2.17. The Kier molecular flexibility index (Phi) is 4.68. The molecular weight excluding hydrogens is 231 g/mol. The fourth-order valence-corrected chi connectivity index (χ4v) is 1.88. The lowest BCUT2D eigenvalue weighted by molar-refractivity contribution is 0.634. The molecule has 0 atom stereocenters. The number of hydrogen-bond donors (Lipinski definition) is 0. The monoisotopic (exact) mass is 246 g/mol. The van der Waals surface area contributed by atoms with Gasteiger partial charge in [0.15, 0.2) is 0 Å². The number of aromatic nitrogens is 1. The van der Waals surface area contributed by atoms with E-state index in [1.54, 1.807) is 6.20 Å². The maximum atomic E-state index is 5.94. The third-order valence-corrected chi connectivity index (χ3v) is 2.72. The fourth-order valence-electron chi connectivity index (χ4n) is 1.42. The zero-order chi connectivity index (χ0) is 11.4. The Hall–Kier alpha value is -0.470. The van der Waals surface area contributed by atoms with E-state index in [1.807, 2.05) is 13.1 Å². The van der Waals surface area contributed by atoms with E-state index in [9.17, 15) is 0 Å².